The van der Waals surface area contributed by atoms with Gasteiger partial charge in [-0.15, -0.1) is 0 Å². The third-order valence-electron chi connectivity index (χ3n) is 3.05. The van der Waals surface area contributed by atoms with Crippen molar-refractivity contribution in [2.24, 2.45) is 0 Å². The van der Waals surface area contributed by atoms with Crippen LogP contribution in [0.25, 0.3) is 0 Å². The van der Waals surface area contributed by atoms with Crippen LogP contribution in [0.15, 0.2) is 24.3 Å². The van der Waals surface area contributed by atoms with E-state index in [4.69, 9.17) is 0 Å². The van der Waals surface area contributed by atoms with Gasteiger partial charge in [0.2, 0.25) is 6.41 Å². The minimum absolute atomic E-state index is 0.388. The summed E-state index contributed by atoms with van der Waals surface area (Å²) in [6, 6.07) is 7.18. The van der Waals surface area contributed by atoms with Crippen LogP contribution in [-0.4, -0.2) is 36.9 Å². The number of hydrogen-bond acceptors (Lipinski definition) is 3. The molecule has 0 bridgehead atoms. The van der Waals surface area contributed by atoms with Gasteiger partial charge >= 0.3 is 0 Å². The number of amides is 2. The lowest BCUT2D eigenvalue weighted by atomic mass is 10.0. The van der Waals surface area contributed by atoms with Gasteiger partial charge in [0.15, 0.2) is 0 Å². The van der Waals surface area contributed by atoms with Gasteiger partial charge in [-0.1, -0.05) is 43.9 Å². The van der Waals surface area contributed by atoms with Crippen molar-refractivity contribution < 1.29 is 9.59 Å². The molecule has 0 aliphatic rings. The van der Waals surface area contributed by atoms with Gasteiger partial charge in [0, 0.05) is 12.0 Å². The Hall–Kier alpha value is -2.12. The lowest BCUT2D eigenvalue weighted by Crippen LogP contribution is -2.23. The van der Waals surface area contributed by atoms with E-state index >= 15 is 0 Å². The van der Waals surface area contributed by atoms with E-state index in [-0.39, 0.29) is 5.91 Å². The average molecular weight is 272 g/mol. The molecule has 0 aliphatic carbocycles. The number of rotatable bonds is 6. The molecule has 0 aromatic heterocycles. The number of carbonyl (C=O) groups excluding carboxylic acids is 2. The zero-order chi connectivity index (χ0) is 14.8. The third-order valence-corrected chi connectivity index (χ3v) is 3.05. The second-order valence-electron chi connectivity index (χ2n) is 4.24. The fourth-order valence-corrected chi connectivity index (χ4v) is 1.80. The quantitative estimate of drug-likeness (QED) is 0.630. The van der Waals surface area contributed by atoms with Gasteiger partial charge in [-0.05, 0) is 24.7 Å². The van der Waals surface area contributed by atoms with Crippen LogP contribution in [0.2, 0.25) is 0 Å². The maximum Gasteiger partial charge on any atom is 0.257 e. The SMILES string of the molecule is CCN(CC)CC#CCc1ccccc1C(=O)NC=O. The van der Waals surface area contributed by atoms with Gasteiger partial charge < -0.3 is 0 Å². The second kappa shape index (κ2) is 8.89. The average Bonchev–Trinajstić information content (AvgIpc) is 2.48. The van der Waals surface area contributed by atoms with E-state index in [9.17, 15) is 9.59 Å². The van der Waals surface area contributed by atoms with E-state index in [2.05, 4.69) is 35.9 Å². The Morgan fingerprint density at radius 3 is 2.60 bits per heavy atom. The predicted molar refractivity (Wildman–Crippen MR) is 79.2 cm³/mol. The molecule has 106 valence electrons. The van der Waals surface area contributed by atoms with Crippen molar-refractivity contribution in [3.05, 3.63) is 35.4 Å². The first-order valence-corrected chi connectivity index (χ1v) is 6.73. The molecule has 0 atom stereocenters. The zero-order valence-corrected chi connectivity index (χ0v) is 12.0. The highest BCUT2D eigenvalue weighted by Gasteiger charge is 2.08. The standard InChI is InChI=1S/C16H20N2O2/c1-3-18(4-2)12-8-7-10-14-9-5-6-11-15(14)16(20)17-13-19/h5-6,9,11,13H,3-4,10,12H2,1-2H3,(H,17,19,20). The van der Waals surface area contributed by atoms with E-state index < -0.39 is 0 Å². The Labute approximate surface area is 120 Å². The Kier molecular flexibility index (Phi) is 7.08. The van der Waals surface area contributed by atoms with E-state index in [1.807, 2.05) is 12.1 Å². The van der Waals surface area contributed by atoms with Crippen LogP contribution >= 0.6 is 0 Å². The minimum atomic E-state index is -0.388. The topological polar surface area (TPSA) is 49.4 Å². The second-order valence-corrected chi connectivity index (χ2v) is 4.24. The maximum atomic E-state index is 11.7. The van der Waals surface area contributed by atoms with Crippen molar-refractivity contribution in [3.63, 3.8) is 0 Å². The first kappa shape index (κ1) is 15.9. The number of imide groups is 1. The fraction of sp³-hybridized carbons (Fsp3) is 0.375. The Morgan fingerprint density at radius 2 is 1.95 bits per heavy atom. The van der Waals surface area contributed by atoms with Crippen molar-refractivity contribution in [2.45, 2.75) is 20.3 Å². The van der Waals surface area contributed by atoms with Gasteiger partial charge in [0.1, 0.15) is 0 Å². The molecule has 0 saturated heterocycles. The summed E-state index contributed by atoms with van der Waals surface area (Å²) in [5.41, 5.74) is 1.33. The van der Waals surface area contributed by atoms with Crippen molar-refractivity contribution in [2.75, 3.05) is 19.6 Å². The van der Waals surface area contributed by atoms with Crippen LogP contribution in [0, 0.1) is 11.8 Å². The van der Waals surface area contributed by atoms with E-state index in [0.29, 0.717) is 18.4 Å². The Bertz CT molecular complexity index is 511. The van der Waals surface area contributed by atoms with E-state index in [1.54, 1.807) is 12.1 Å². The van der Waals surface area contributed by atoms with Gasteiger partial charge in [-0.25, -0.2) is 0 Å². The summed E-state index contributed by atoms with van der Waals surface area (Å²) in [4.78, 5) is 24.3. The molecule has 0 spiro atoms. The number of hydrogen-bond donors (Lipinski definition) is 1. The number of benzene rings is 1. The Balaban J connectivity index is 2.71. The zero-order valence-electron chi connectivity index (χ0n) is 12.0. The first-order chi connectivity index (χ1) is 9.72. The van der Waals surface area contributed by atoms with Crippen molar-refractivity contribution in [3.8, 4) is 11.8 Å². The highest BCUT2D eigenvalue weighted by atomic mass is 16.2. The van der Waals surface area contributed by atoms with Crippen LogP contribution in [0.5, 0.6) is 0 Å². The monoisotopic (exact) mass is 272 g/mol. The minimum Gasteiger partial charge on any atom is -0.295 e. The molecule has 0 aliphatic heterocycles. The van der Waals surface area contributed by atoms with Crippen LogP contribution in [0.3, 0.4) is 0 Å². The van der Waals surface area contributed by atoms with Crippen LogP contribution < -0.4 is 5.32 Å². The molecular weight excluding hydrogens is 252 g/mol. The fourth-order valence-electron chi connectivity index (χ4n) is 1.80. The maximum absolute atomic E-state index is 11.7. The molecule has 0 heterocycles. The summed E-state index contributed by atoms with van der Waals surface area (Å²) in [5, 5.41) is 2.15. The summed E-state index contributed by atoms with van der Waals surface area (Å²) < 4.78 is 0. The van der Waals surface area contributed by atoms with Crippen LogP contribution in [0.1, 0.15) is 29.8 Å². The van der Waals surface area contributed by atoms with E-state index in [1.165, 1.54) is 0 Å². The highest BCUT2D eigenvalue weighted by Crippen LogP contribution is 2.08. The predicted octanol–water partition coefficient (Wildman–Crippen LogP) is 1.46. The molecule has 2 amide bonds. The van der Waals surface area contributed by atoms with Crippen molar-refractivity contribution in [1.29, 1.82) is 0 Å². The number of nitrogens with one attached hydrogen (secondary N) is 1. The summed E-state index contributed by atoms with van der Waals surface area (Å²) >= 11 is 0. The molecule has 0 unspecified atom stereocenters. The van der Waals surface area contributed by atoms with Gasteiger partial charge in [-0.2, -0.15) is 0 Å². The van der Waals surface area contributed by atoms with Crippen LogP contribution in [0.4, 0.5) is 0 Å². The van der Waals surface area contributed by atoms with Gasteiger partial charge in [0.05, 0.1) is 6.54 Å². The molecule has 1 N–H and O–H groups in total. The van der Waals surface area contributed by atoms with Gasteiger partial charge in [-0.3, -0.25) is 19.8 Å². The lowest BCUT2D eigenvalue weighted by molar-refractivity contribution is -0.108. The molecule has 4 heteroatoms. The summed E-state index contributed by atoms with van der Waals surface area (Å²) in [5.74, 6) is 5.80. The molecular formula is C16H20N2O2. The highest BCUT2D eigenvalue weighted by molar-refractivity contribution is 6.00. The largest absolute Gasteiger partial charge is 0.295 e. The molecule has 20 heavy (non-hydrogen) atoms. The first-order valence-electron chi connectivity index (χ1n) is 6.73. The molecule has 1 aromatic rings. The summed E-state index contributed by atoms with van der Waals surface area (Å²) in [6.45, 7) is 6.89. The number of carbonyl (C=O) groups is 2. The van der Waals surface area contributed by atoms with Gasteiger partial charge in [0.25, 0.3) is 5.91 Å². The summed E-state index contributed by atoms with van der Waals surface area (Å²) in [7, 11) is 0. The molecule has 0 radical (unpaired) electrons. The summed E-state index contributed by atoms with van der Waals surface area (Å²) in [6.07, 6.45) is 0.898. The van der Waals surface area contributed by atoms with E-state index in [0.717, 1.165) is 25.2 Å². The third kappa shape index (κ3) is 4.87. The lowest BCUT2D eigenvalue weighted by Gasteiger charge is -2.13. The number of nitrogens with zero attached hydrogens (tertiary/aromatic N) is 1. The molecule has 4 nitrogen and oxygen atoms in total. The molecule has 1 aromatic carbocycles. The molecule has 0 saturated carbocycles. The van der Waals surface area contributed by atoms with Crippen LogP contribution in [-0.2, 0) is 11.2 Å². The Morgan fingerprint density at radius 1 is 1.25 bits per heavy atom. The molecule has 1 rings (SSSR count). The molecule has 0 fully saturated rings. The smallest absolute Gasteiger partial charge is 0.257 e. The van der Waals surface area contributed by atoms with Crippen molar-refractivity contribution in [1.82, 2.24) is 10.2 Å². The van der Waals surface area contributed by atoms with Crippen molar-refractivity contribution >= 4 is 12.3 Å². The normalized spacial score (nSPS) is 9.75.